The van der Waals surface area contributed by atoms with Crippen molar-refractivity contribution in [3.05, 3.63) is 35.9 Å². The van der Waals surface area contributed by atoms with Gasteiger partial charge in [0.15, 0.2) is 5.41 Å². The summed E-state index contributed by atoms with van der Waals surface area (Å²) in [6, 6.07) is 9.24. The zero-order valence-corrected chi connectivity index (χ0v) is 18.9. The maximum atomic E-state index is 13.8. The van der Waals surface area contributed by atoms with Gasteiger partial charge in [0.1, 0.15) is 5.82 Å². The van der Waals surface area contributed by atoms with E-state index in [0.29, 0.717) is 0 Å². The van der Waals surface area contributed by atoms with E-state index in [1.165, 1.54) is 7.05 Å². The molecule has 32 heavy (non-hydrogen) atoms. The second-order valence-corrected chi connectivity index (χ2v) is 11.3. The summed E-state index contributed by atoms with van der Waals surface area (Å²) in [6.45, 7) is 6.77. The van der Waals surface area contributed by atoms with E-state index in [9.17, 15) is 14.4 Å². The number of fused-ring (bicyclic) bond motifs is 9. The van der Waals surface area contributed by atoms with E-state index in [1.54, 1.807) is 0 Å². The molecule has 3 fully saturated rings. The summed E-state index contributed by atoms with van der Waals surface area (Å²) in [4.78, 5) is 48.2. The highest BCUT2D eigenvalue weighted by atomic mass is 16.2. The Morgan fingerprint density at radius 3 is 2.62 bits per heavy atom. The van der Waals surface area contributed by atoms with E-state index in [1.807, 2.05) is 24.3 Å². The lowest BCUT2D eigenvalue weighted by Crippen LogP contribution is -2.72. The number of nitrogens with zero attached hydrogens (tertiary/aromatic N) is 3. The lowest BCUT2D eigenvalue weighted by atomic mass is 9.56. The molecule has 0 unspecified atom stereocenters. The molecular formula is C25H28N4O3. The number of aromatic nitrogens is 1. The summed E-state index contributed by atoms with van der Waals surface area (Å²) < 4.78 is 0. The number of imide groups is 2. The maximum Gasteiger partial charge on any atom is 0.330 e. The van der Waals surface area contributed by atoms with Crippen LogP contribution in [0.1, 0.15) is 45.6 Å². The second-order valence-electron chi connectivity index (χ2n) is 11.3. The molecular weight excluding hydrogens is 404 g/mol. The second kappa shape index (κ2) is 5.88. The standard InChI is InChI=1S/C25H28N4O3/c1-23(2)11-16-12-24(3,13-23)19-25(20(30)27-22(32)28(4)21(25)31)10-15-9-14-7-5-6-8-17(14)26-18(15)29(16)19/h5-9,16,19H,10-13H2,1-4H3,(H,27,30,32)/t16-,19+,24-,25+/m1/s1. The van der Waals surface area contributed by atoms with Crippen molar-refractivity contribution in [3.8, 4) is 0 Å². The highest BCUT2D eigenvalue weighted by molar-refractivity contribution is 6.20. The molecule has 166 valence electrons. The van der Waals surface area contributed by atoms with Gasteiger partial charge < -0.3 is 4.90 Å². The van der Waals surface area contributed by atoms with Crippen LogP contribution in [0.3, 0.4) is 0 Å². The summed E-state index contributed by atoms with van der Waals surface area (Å²) in [7, 11) is 1.47. The first-order valence-electron chi connectivity index (χ1n) is 11.4. The number of urea groups is 1. The molecule has 0 radical (unpaired) electrons. The first-order valence-corrected chi connectivity index (χ1v) is 11.4. The fraction of sp³-hybridized carbons (Fsp3) is 0.520. The van der Waals surface area contributed by atoms with Crippen molar-refractivity contribution in [2.75, 3.05) is 11.9 Å². The fourth-order valence-corrected chi connectivity index (χ4v) is 7.64. The number of hydrogen-bond donors (Lipinski definition) is 1. The molecule has 1 N–H and O–H groups in total. The molecule has 1 aromatic carbocycles. The topological polar surface area (TPSA) is 82.6 Å². The van der Waals surface area contributed by atoms with E-state index in [4.69, 9.17) is 4.98 Å². The first-order chi connectivity index (χ1) is 15.1. The monoisotopic (exact) mass is 432 g/mol. The van der Waals surface area contributed by atoms with Gasteiger partial charge in [0, 0.05) is 24.9 Å². The number of carbonyl (C=O) groups is 3. The van der Waals surface area contributed by atoms with Gasteiger partial charge in [-0.2, -0.15) is 0 Å². The highest BCUT2D eigenvalue weighted by Crippen LogP contribution is 2.63. The molecule has 2 bridgehead atoms. The van der Waals surface area contributed by atoms with Crippen molar-refractivity contribution in [2.24, 2.45) is 16.2 Å². The molecule has 1 aliphatic carbocycles. The Balaban J connectivity index is 1.65. The number of anilines is 1. The minimum Gasteiger partial charge on any atom is -0.348 e. The third-order valence-corrected chi connectivity index (χ3v) is 8.28. The molecule has 3 aliphatic heterocycles. The molecule has 1 spiro atoms. The van der Waals surface area contributed by atoms with Crippen molar-refractivity contribution in [2.45, 2.75) is 58.5 Å². The molecule has 7 heteroatoms. The Kier molecular flexibility index (Phi) is 3.62. The van der Waals surface area contributed by atoms with Crippen molar-refractivity contribution >= 4 is 34.6 Å². The van der Waals surface area contributed by atoms with Crippen LogP contribution in [0.15, 0.2) is 30.3 Å². The van der Waals surface area contributed by atoms with Crippen LogP contribution in [0.2, 0.25) is 0 Å². The number of hydrogen-bond acceptors (Lipinski definition) is 5. The highest BCUT2D eigenvalue weighted by Gasteiger charge is 2.71. The van der Waals surface area contributed by atoms with Crippen LogP contribution in [0.25, 0.3) is 10.9 Å². The Hall–Kier alpha value is -2.96. The third kappa shape index (κ3) is 2.31. The lowest BCUT2D eigenvalue weighted by Gasteiger charge is -2.53. The predicted octanol–water partition coefficient (Wildman–Crippen LogP) is 3.26. The van der Waals surface area contributed by atoms with Crippen LogP contribution in [0.5, 0.6) is 0 Å². The minimum absolute atomic E-state index is 0.0864. The van der Waals surface area contributed by atoms with Crippen LogP contribution in [0, 0.1) is 16.2 Å². The number of para-hydroxylation sites is 1. The molecule has 1 saturated carbocycles. The Morgan fingerprint density at radius 1 is 1.09 bits per heavy atom. The molecule has 6 rings (SSSR count). The van der Waals surface area contributed by atoms with Crippen LogP contribution in [-0.2, 0) is 16.0 Å². The van der Waals surface area contributed by atoms with Crippen LogP contribution < -0.4 is 10.2 Å². The molecule has 1 aromatic heterocycles. The van der Waals surface area contributed by atoms with Gasteiger partial charge in [-0.25, -0.2) is 9.78 Å². The normalized spacial score (nSPS) is 35.2. The lowest BCUT2D eigenvalue weighted by molar-refractivity contribution is -0.155. The zero-order chi connectivity index (χ0) is 22.6. The summed E-state index contributed by atoms with van der Waals surface area (Å²) in [5.74, 6) is 0.0310. The summed E-state index contributed by atoms with van der Waals surface area (Å²) >= 11 is 0. The SMILES string of the molecule is CN1C(=O)NC(=O)[C@@]2(Cc3cc4ccccc4nc3N3[C@@H]4CC(C)(C)C[C@@](C)(C4)[C@H]32)C1=O. The summed E-state index contributed by atoms with van der Waals surface area (Å²) in [5.41, 5.74) is 0.317. The number of amides is 4. The van der Waals surface area contributed by atoms with Gasteiger partial charge in [-0.1, -0.05) is 39.0 Å². The van der Waals surface area contributed by atoms with E-state index in [0.717, 1.165) is 46.4 Å². The molecule has 4 aliphatic rings. The molecule has 4 heterocycles. The van der Waals surface area contributed by atoms with Crippen LogP contribution in [-0.4, -0.2) is 46.9 Å². The summed E-state index contributed by atoms with van der Waals surface area (Å²) in [5, 5.41) is 3.49. The number of barbiturate groups is 1. The molecule has 7 nitrogen and oxygen atoms in total. The quantitative estimate of drug-likeness (QED) is 0.646. The Bertz CT molecular complexity index is 1220. The number of carbonyl (C=O) groups excluding carboxylic acids is 3. The average Bonchev–Trinajstić information content (AvgIpc) is 2.95. The number of pyridine rings is 1. The largest absolute Gasteiger partial charge is 0.348 e. The molecule has 2 saturated heterocycles. The minimum atomic E-state index is -1.34. The van der Waals surface area contributed by atoms with E-state index in [2.05, 4.69) is 37.1 Å². The van der Waals surface area contributed by atoms with E-state index in [-0.39, 0.29) is 29.3 Å². The van der Waals surface area contributed by atoms with Gasteiger partial charge in [-0.15, -0.1) is 0 Å². The smallest absolute Gasteiger partial charge is 0.330 e. The first kappa shape index (κ1) is 19.7. The van der Waals surface area contributed by atoms with Gasteiger partial charge in [-0.05, 0) is 47.8 Å². The van der Waals surface area contributed by atoms with E-state index < -0.39 is 23.3 Å². The van der Waals surface area contributed by atoms with Gasteiger partial charge in [0.2, 0.25) is 11.8 Å². The maximum absolute atomic E-state index is 13.8. The van der Waals surface area contributed by atoms with Crippen molar-refractivity contribution in [1.82, 2.24) is 15.2 Å². The Labute approximate surface area is 187 Å². The van der Waals surface area contributed by atoms with Crippen molar-refractivity contribution in [1.29, 1.82) is 0 Å². The predicted molar refractivity (Wildman–Crippen MR) is 120 cm³/mol. The number of benzene rings is 1. The Morgan fingerprint density at radius 2 is 1.84 bits per heavy atom. The molecule has 4 atom stereocenters. The van der Waals surface area contributed by atoms with Gasteiger partial charge in [0.05, 0.1) is 11.6 Å². The van der Waals surface area contributed by atoms with Crippen LogP contribution >= 0.6 is 0 Å². The summed E-state index contributed by atoms with van der Waals surface area (Å²) in [6.07, 6.45) is 3.07. The fourth-order valence-electron chi connectivity index (χ4n) is 7.64. The van der Waals surface area contributed by atoms with Gasteiger partial charge >= 0.3 is 6.03 Å². The number of nitrogens with one attached hydrogen (secondary N) is 1. The van der Waals surface area contributed by atoms with Gasteiger partial charge in [-0.3, -0.25) is 19.8 Å². The van der Waals surface area contributed by atoms with Crippen molar-refractivity contribution in [3.63, 3.8) is 0 Å². The van der Waals surface area contributed by atoms with Crippen molar-refractivity contribution < 1.29 is 14.4 Å². The zero-order valence-electron chi connectivity index (χ0n) is 18.9. The molecule has 4 amide bonds. The third-order valence-electron chi connectivity index (χ3n) is 8.28. The van der Waals surface area contributed by atoms with E-state index >= 15 is 0 Å². The van der Waals surface area contributed by atoms with Gasteiger partial charge in [0.25, 0.3) is 0 Å². The number of rotatable bonds is 0. The molecule has 2 aromatic rings. The van der Waals surface area contributed by atoms with Crippen LogP contribution in [0.4, 0.5) is 10.6 Å². The average molecular weight is 433 g/mol.